The molecule has 1 fully saturated rings. The Kier molecular flexibility index (Phi) is 4.29. The molecule has 3 rings (SSSR count). The van der Waals surface area contributed by atoms with Crippen LogP contribution in [0.1, 0.15) is 32.1 Å². The van der Waals surface area contributed by atoms with Crippen LogP contribution in [0.25, 0.3) is 11.1 Å². The smallest absolute Gasteiger partial charge is 0.227 e. The van der Waals surface area contributed by atoms with E-state index in [2.05, 4.69) is 10.3 Å². The molecule has 108 valence electrons. The van der Waals surface area contributed by atoms with Crippen LogP contribution in [0.4, 0.5) is 5.69 Å². The molecule has 0 bridgehead atoms. The molecule has 0 radical (unpaired) electrons. The molecule has 0 aliphatic heterocycles. The molecule has 21 heavy (non-hydrogen) atoms. The summed E-state index contributed by atoms with van der Waals surface area (Å²) >= 11 is 0. The fourth-order valence-corrected chi connectivity index (χ4v) is 2.92. The normalized spacial score (nSPS) is 15.6. The second kappa shape index (κ2) is 6.53. The van der Waals surface area contributed by atoms with Gasteiger partial charge in [-0.25, -0.2) is 0 Å². The lowest BCUT2D eigenvalue weighted by atomic mass is 9.88. The lowest BCUT2D eigenvalue weighted by Crippen LogP contribution is -2.24. The van der Waals surface area contributed by atoms with E-state index in [1.165, 1.54) is 19.3 Å². The molecule has 1 aliphatic rings. The van der Waals surface area contributed by atoms with E-state index in [0.29, 0.717) is 0 Å². The van der Waals surface area contributed by atoms with Gasteiger partial charge in [0.2, 0.25) is 5.91 Å². The highest BCUT2D eigenvalue weighted by Gasteiger charge is 2.20. The Morgan fingerprint density at radius 2 is 1.86 bits per heavy atom. The highest BCUT2D eigenvalue weighted by Crippen LogP contribution is 2.26. The van der Waals surface area contributed by atoms with Gasteiger partial charge in [0.15, 0.2) is 0 Å². The number of carbonyl (C=O) groups is 1. The van der Waals surface area contributed by atoms with Crippen LogP contribution in [-0.2, 0) is 4.79 Å². The lowest BCUT2D eigenvalue weighted by molar-refractivity contribution is -0.120. The summed E-state index contributed by atoms with van der Waals surface area (Å²) in [5, 5.41) is 3.06. The van der Waals surface area contributed by atoms with E-state index in [4.69, 9.17) is 0 Å². The van der Waals surface area contributed by atoms with Crippen LogP contribution in [-0.4, -0.2) is 10.9 Å². The van der Waals surface area contributed by atoms with Crippen molar-refractivity contribution in [3.63, 3.8) is 0 Å². The minimum Gasteiger partial charge on any atom is -0.326 e. The van der Waals surface area contributed by atoms with Gasteiger partial charge in [-0.15, -0.1) is 0 Å². The molecular weight excluding hydrogens is 260 g/mol. The molecule has 1 heterocycles. The van der Waals surface area contributed by atoms with Crippen molar-refractivity contribution in [2.75, 3.05) is 5.32 Å². The minimum absolute atomic E-state index is 0.165. The van der Waals surface area contributed by atoms with Crippen molar-refractivity contribution in [1.29, 1.82) is 0 Å². The molecular formula is C18H20N2O. The fraction of sp³-hybridized carbons (Fsp3) is 0.333. The second-order valence-electron chi connectivity index (χ2n) is 5.65. The maximum absolute atomic E-state index is 12.3. The summed E-state index contributed by atoms with van der Waals surface area (Å²) in [4.78, 5) is 16.4. The second-order valence-corrected chi connectivity index (χ2v) is 5.65. The SMILES string of the molecule is O=C(Nc1cccc(-c2cccnc2)c1)C1CCCCC1. The molecule has 1 aromatic heterocycles. The van der Waals surface area contributed by atoms with Crippen LogP contribution < -0.4 is 5.32 Å². The summed E-state index contributed by atoms with van der Waals surface area (Å²) in [6.07, 6.45) is 9.25. The summed E-state index contributed by atoms with van der Waals surface area (Å²) in [5.74, 6) is 0.346. The first-order valence-corrected chi connectivity index (χ1v) is 7.64. The Morgan fingerprint density at radius 3 is 2.62 bits per heavy atom. The number of carbonyl (C=O) groups excluding carboxylic acids is 1. The van der Waals surface area contributed by atoms with E-state index in [-0.39, 0.29) is 11.8 Å². The molecule has 2 aromatic rings. The zero-order chi connectivity index (χ0) is 14.5. The summed E-state index contributed by atoms with van der Waals surface area (Å²) in [6, 6.07) is 11.9. The number of rotatable bonds is 3. The Morgan fingerprint density at radius 1 is 1.05 bits per heavy atom. The number of amides is 1. The summed E-state index contributed by atoms with van der Waals surface area (Å²) in [7, 11) is 0. The van der Waals surface area contributed by atoms with Crippen LogP contribution in [0.2, 0.25) is 0 Å². The zero-order valence-corrected chi connectivity index (χ0v) is 12.1. The molecule has 0 saturated heterocycles. The van der Waals surface area contributed by atoms with Crippen LogP contribution in [0.15, 0.2) is 48.8 Å². The first-order valence-electron chi connectivity index (χ1n) is 7.64. The van der Waals surface area contributed by atoms with Crippen LogP contribution >= 0.6 is 0 Å². The summed E-state index contributed by atoms with van der Waals surface area (Å²) in [6.45, 7) is 0. The Hall–Kier alpha value is -2.16. The number of pyridine rings is 1. The molecule has 1 N–H and O–H groups in total. The molecule has 0 spiro atoms. The topological polar surface area (TPSA) is 42.0 Å². The molecule has 1 saturated carbocycles. The van der Waals surface area contributed by atoms with Gasteiger partial charge in [0.05, 0.1) is 0 Å². The largest absolute Gasteiger partial charge is 0.326 e. The number of hydrogen-bond donors (Lipinski definition) is 1. The van der Waals surface area contributed by atoms with Gasteiger partial charge in [-0.3, -0.25) is 9.78 Å². The number of nitrogens with zero attached hydrogens (tertiary/aromatic N) is 1. The van der Waals surface area contributed by atoms with E-state index in [1.807, 2.05) is 42.6 Å². The van der Waals surface area contributed by atoms with Gasteiger partial charge in [-0.1, -0.05) is 37.5 Å². The minimum atomic E-state index is 0.165. The van der Waals surface area contributed by atoms with Crippen molar-refractivity contribution in [2.24, 2.45) is 5.92 Å². The first-order chi connectivity index (χ1) is 10.3. The predicted molar refractivity (Wildman–Crippen MR) is 84.9 cm³/mol. The maximum atomic E-state index is 12.3. The highest BCUT2D eigenvalue weighted by atomic mass is 16.1. The van der Waals surface area contributed by atoms with E-state index in [0.717, 1.165) is 29.7 Å². The third-order valence-corrected chi connectivity index (χ3v) is 4.10. The third kappa shape index (κ3) is 3.48. The Balaban J connectivity index is 1.73. The van der Waals surface area contributed by atoms with E-state index in [9.17, 15) is 4.79 Å². The molecule has 1 amide bonds. The fourth-order valence-electron chi connectivity index (χ4n) is 2.92. The number of aromatic nitrogens is 1. The highest BCUT2D eigenvalue weighted by molar-refractivity contribution is 5.93. The van der Waals surface area contributed by atoms with Crippen molar-refractivity contribution >= 4 is 11.6 Å². The monoisotopic (exact) mass is 280 g/mol. The van der Waals surface area contributed by atoms with E-state index in [1.54, 1.807) is 6.20 Å². The van der Waals surface area contributed by atoms with Crippen molar-refractivity contribution in [3.05, 3.63) is 48.8 Å². The Labute approximate surface area is 125 Å². The average molecular weight is 280 g/mol. The zero-order valence-electron chi connectivity index (χ0n) is 12.1. The van der Waals surface area contributed by atoms with Gasteiger partial charge in [0.25, 0.3) is 0 Å². The van der Waals surface area contributed by atoms with Gasteiger partial charge >= 0.3 is 0 Å². The predicted octanol–water partition coefficient (Wildman–Crippen LogP) is 4.27. The lowest BCUT2D eigenvalue weighted by Gasteiger charge is -2.20. The standard InChI is InChI=1S/C18H20N2O/c21-18(14-6-2-1-3-7-14)20-17-10-4-8-15(12-17)16-9-5-11-19-13-16/h4-5,8-14H,1-3,6-7H2,(H,20,21). The van der Waals surface area contributed by atoms with Crippen molar-refractivity contribution in [1.82, 2.24) is 4.98 Å². The molecule has 3 heteroatoms. The number of hydrogen-bond acceptors (Lipinski definition) is 2. The van der Waals surface area contributed by atoms with Gasteiger partial charge < -0.3 is 5.32 Å². The van der Waals surface area contributed by atoms with Crippen molar-refractivity contribution in [3.8, 4) is 11.1 Å². The number of anilines is 1. The maximum Gasteiger partial charge on any atom is 0.227 e. The van der Waals surface area contributed by atoms with Crippen LogP contribution in [0.5, 0.6) is 0 Å². The number of nitrogens with one attached hydrogen (secondary N) is 1. The van der Waals surface area contributed by atoms with Gasteiger partial charge in [0, 0.05) is 29.6 Å². The van der Waals surface area contributed by atoms with Crippen LogP contribution in [0.3, 0.4) is 0 Å². The van der Waals surface area contributed by atoms with Crippen molar-refractivity contribution in [2.45, 2.75) is 32.1 Å². The first kappa shape index (κ1) is 13.8. The van der Waals surface area contributed by atoms with Gasteiger partial charge in [0.1, 0.15) is 0 Å². The number of benzene rings is 1. The van der Waals surface area contributed by atoms with Gasteiger partial charge in [-0.2, -0.15) is 0 Å². The van der Waals surface area contributed by atoms with Gasteiger partial charge in [-0.05, 0) is 36.6 Å². The molecule has 0 atom stereocenters. The summed E-state index contributed by atoms with van der Waals surface area (Å²) < 4.78 is 0. The quantitative estimate of drug-likeness (QED) is 0.912. The summed E-state index contributed by atoms with van der Waals surface area (Å²) in [5.41, 5.74) is 3.00. The van der Waals surface area contributed by atoms with Crippen molar-refractivity contribution < 1.29 is 4.79 Å². The average Bonchev–Trinajstić information content (AvgIpc) is 2.57. The Bertz CT molecular complexity index is 604. The molecule has 0 unspecified atom stereocenters. The molecule has 1 aliphatic carbocycles. The van der Waals surface area contributed by atoms with Crippen LogP contribution in [0, 0.1) is 5.92 Å². The molecule has 3 nitrogen and oxygen atoms in total. The van der Waals surface area contributed by atoms with E-state index < -0.39 is 0 Å². The molecule has 1 aromatic carbocycles. The van der Waals surface area contributed by atoms with E-state index >= 15 is 0 Å². The third-order valence-electron chi connectivity index (χ3n) is 4.10.